The molecule has 1 atom stereocenters. The lowest BCUT2D eigenvalue weighted by Gasteiger charge is -2.25. The maximum absolute atomic E-state index is 13.2. The number of nitrogens with one attached hydrogen (secondary N) is 2. The van der Waals surface area contributed by atoms with Crippen LogP contribution in [0.1, 0.15) is 21.7 Å². The Labute approximate surface area is 155 Å². The molecule has 6 nitrogen and oxygen atoms in total. The molecule has 1 aromatic heterocycles. The summed E-state index contributed by atoms with van der Waals surface area (Å²) in [5.74, 6) is 0.623. The molecular formula is C20H18FN3O3. The number of fused-ring (bicyclic) bond motifs is 1. The van der Waals surface area contributed by atoms with Gasteiger partial charge >= 0.3 is 0 Å². The number of carbonyl (C=O) groups is 1. The number of aromatic nitrogens is 2. The van der Waals surface area contributed by atoms with E-state index in [0.717, 1.165) is 11.3 Å². The molecule has 1 aliphatic heterocycles. The van der Waals surface area contributed by atoms with E-state index in [9.17, 15) is 9.18 Å². The summed E-state index contributed by atoms with van der Waals surface area (Å²) in [7, 11) is 0. The van der Waals surface area contributed by atoms with Gasteiger partial charge in [0, 0.05) is 6.07 Å². The zero-order chi connectivity index (χ0) is 18.6. The van der Waals surface area contributed by atoms with E-state index in [2.05, 4.69) is 15.5 Å². The van der Waals surface area contributed by atoms with E-state index in [4.69, 9.17) is 9.47 Å². The molecule has 1 aliphatic rings. The summed E-state index contributed by atoms with van der Waals surface area (Å²) in [4.78, 5) is 12.4. The van der Waals surface area contributed by atoms with Crippen LogP contribution in [0.5, 0.6) is 11.5 Å². The summed E-state index contributed by atoms with van der Waals surface area (Å²) in [5.41, 5.74) is 1.96. The molecule has 3 aromatic rings. The van der Waals surface area contributed by atoms with Crippen LogP contribution in [-0.2, 0) is 13.0 Å². The summed E-state index contributed by atoms with van der Waals surface area (Å²) in [6, 6.07) is 15.2. The van der Waals surface area contributed by atoms with Crippen LogP contribution in [0.4, 0.5) is 4.39 Å². The normalized spacial score (nSPS) is 15.5. The van der Waals surface area contributed by atoms with Crippen LogP contribution in [0, 0.1) is 5.82 Å². The minimum Gasteiger partial charge on any atom is -0.491 e. The SMILES string of the molecule is O=C(NC1COc2ccccc2C1)c1cc(COc2cccc(F)c2)[nH]n1. The first-order valence-corrected chi connectivity index (χ1v) is 8.61. The lowest BCUT2D eigenvalue weighted by molar-refractivity contribution is 0.0910. The maximum Gasteiger partial charge on any atom is 0.272 e. The van der Waals surface area contributed by atoms with Crippen molar-refractivity contribution >= 4 is 5.91 Å². The van der Waals surface area contributed by atoms with Crippen LogP contribution in [0.3, 0.4) is 0 Å². The minimum atomic E-state index is -0.367. The lowest BCUT2D eigenvalue weighted by atomic mass is 10.0. The topological polar surface area (TPSA) is 76.2 Å². The van der Waals surface area contributed by atoms with Gasteiger partial charge in [0.15, 0.2) is 0 Å². The van der Waals surface area contributed by atoms with Crippen molar-refractivity contribution in [1.29, 1.82) is 0 Å². The molecule has 2 heterocycles. The number of H-pyrrole nitrogens is 1. The number of hydrogen-bond acceptors (Lipinski definition) is 4. The standard InChI is InChI=1S/C20H18FN3O3/c21-14-5-3-6-17(9-14)26-12-16-10-18(24-23-16)20(25)22-15-8-13-4-1-2-7-19(13)27-11-15/h1-7,9-10,15H,8,11-12H2,(H,22,25)(H,23,24). The molecule has 1 unspecified atom stereocenters. The number of aromatic amines is 1. The average molecular weight is 367 g/mol. The monoisotopic (exact) mass is 367 g/mol. The number of ether oxygens (including phenoxy) is 2. The second-order valence-corrected chi connectivity index (χ2v) is 6.32. The molecule has 2 N–H and O–H groups in total. The number of carbonyl (C=O) groups excluding carboxylic acids is 1. The van der Waals surface area contributed by atoms with Gasteiger partial charge in [-0.25, -0.2) is 4.39 Å². The van der Waals surface area contributed by atoms with Gasteiger partial charge in [-0.2, -0.15) is 5.10 Å². The first kappa shape index (κ1) is 17.1. The third-order valence-corrected chi connectivity index (χ3v) is 4.27. The molecule has 2 aromatic carbocycles. The Morgan fingerprint density at radius 2 is 2.15 bits per heavy atom. The summed E-state index contributed by atoms with van der Waals surface area (Å²) in [6.07, 6.45) is 0.710. The predicted molar refractivity (Wildman–Crippen MR) is 96.2 cm³/mol. The van der Waals surface area contributed by atoms with Crippen molar-refractivity contribution in [1.82, 2.24) is 15.5 Å². The summed E-state index contributed by atoms with van der Waals surface area (Å²) < 4.78 is 24.3. The van der Waals surface area contributed by atoms with Crippen molar-refractivity contribution in [3.8, 4) is 11.5 Å². The molecule has 7 heteroatoms. The second kappa shape index (κ2) is 7.49. The Bertz CT molecular complexity index is 957. The number of rotatable bonds is 5. The maximum atomic E-state index is 13.2. The van der Waals surface area contributed by atoms with E-state index in [1.807, 2.05) is 24.3 Å². The quantitative estimate of drug-likeness (QED) is 0.727. The van der Waals surface area contributed by atoms with Gasteiger partial charge in [-0.15, -0.1) is 0 Å². The zero-order valence-corrected chi connectivity index (χ0v) is 14.4. The Hall–Kier alpha value is -3.35. The van der Waals surface area contributed by atoms with Crippen molar-refractivity contribution in [3.05, 3.63) is 77.4 Å². The van der Waals surface area contributed by atoms with Crippen LogP contribution < -0.4 is 14.8 Å². The van der Waals surface area contributed by atoms with E-state index >= 15 is 0 Å². The van der Waals surface area contributed by atoms with Crippen molar-refractivity contribution in [2.24, 2.45) is 0 Å². The molecule has 4 rings (SSSR count). The third kappa shape index (κ3) is 4.08. The molecular weight excluding hydrogens is 349 g/mol. The van der Waals surface area contributed by atoms with Gasteiger partial charge in [0.25, 0.3) is 5.91 Å². The molecule has 138 valence electrons. The van der Waals surface area contributed by atoms with Crippen LogP contribution in [0.15, 0.2) is 54.6 Å². The first-order chi connectivity index (χ1) is 13.2. The Kier molecular flexibility index (Phi) is 4.74. The lowest BCUT2D eigenvalue weighted by Crippen LogP contribution is -2.42. The van der Waals surface area contributed by atoms with Crippen LogP contribution in [0.2, 0.25) is 0 Å². The highest BCUT2D eigenvalue weighted by atomic mass is 19.1. The summed E-state index contributed by atoms with van der Waals surface area (Å²) in [5, 5.41) is 9.72. The van der Waals surface area contributed by atoms with Gasteiger partial charge in [0.05, 0.1) is 11.7 Å². The highest BCUT2D eigenvalue weighted by Crippen LogP contribution is 2.24. The summed E-state index contributed by atoms with van der Waals surface area (Å²) >= 11 is 0. The summed E-state index contributed by atoms with van der Waals surface area (Å²) in [6.45, 7) is 0.576. The fourth-order valence-corrected chi connectivity index (χ4v) is 2.95. The molecule has 0 bridgehead atoms. The molecule has 0 saturated heterocycles. The number of nitrogens with zero attached hydrogens (tertiary/aromatic N) is 1. The molecule has 0 saturated carbocycles. The minimum absolute atomic E-state index is 0.115. The zero-order valence-electron chi connectivity index (χ0n) is 14.4. The van der Waals surface area contributed by atoms with Gasteiger partial charge < -0.3 is 14.8 Å². The Morgan fingerprint density at radius 3 is 3.04 bits per heavy atom. The molecule has 0 spiro atoms. The molecule has 0 aliphatic carbocycles. The van der Waals surface area contributed by atoms with Gasteiger partial charge in [-0.3, -0.25) is 9.89 Å². The largest absolute Gasteiger partial charge is 0.491 e. The van der Waals surface area contributed by atoms with Gasteiger partial charge in [0.2, 0.25) is 0 Å². The number of para-hydroxylation sites is 1. The predicted octanol–water partition coefficient (Wildman–Crippen LogP) is 2.86. The van der Waals surface area contributed by atoms with E-state index in [0.29, 0.717) is 24.5 Å². The molecule has 27 heavy (non-hydrogen) atoms. The Morgan fingerprint density at radius 1 is 1.26 bits per heavy atom. The second-order valence-electron chi connectivity index (χ2n) is 6.32. The van der Waals surface area contributed by atoms with Crippen LogP contribution >= 0.6 is 0 Å². The fourth-order valence-electron chi connectivity index (χ4n) is 2.95. The highest BCUT2D eigenvalue weighted by molar-refractivity contribution is 5.92. The smallest absolute Gasteiger partial charge is 0.272 e. The molecule has 0 radical (unpaired) electrons. The van der Waals surface area contributed by atoms with Gasteiger partial charge in [-0.05, 0) is 36.2 Å². The Balaban J connectivity index is 1.33. The van der Waals surface area contributed by atoms with Crippen molar-refractivity contribution in [2.45, 2.75) is 19.1 Å². The average Bonchev–Trinajstić information content (AvgIpc) is 3.16. The van der Waals surface area contributed by atoms with Crippen LogP contribution in [0.25, 0.3) is 0 Å². The van der Waals surface area contributed by atoms with Crippen molar-refractivity contribution < 1.29 is 18.7 Å². The van der Waals surface area contributed by atoms with E-state index < -0.39 is 0 Å². The number of benzene rings is 2. The van der Waals surface area contributed by atoms with Gasteiger partial charge in [0.1, 0.15) is 36.2 Å². The first-order valence-electron chi connectivity index (χ1n) is 8.61. The van der Waals surface area contributed by atoms with E-state index in [-0.39, 0.29) is 30.1 Å². The third-order valence-electron chi connectivity index (χ3n) is 4.27. The van der Waals surface area contributed by atoms with Gasteiger partial charge in [-0.1, -0.05) is 24.3 Å². The fraction of sp³-hybridized carbons (Fsp3) is 0.200. The van der Waals surface area contributed by atoms with Crippen LogP contribution in [-0.4, -0.2) is 28.8 Å². The van der Waals surface area contributed by atoms with Crippen molar-refractivity contribution in [2.75, 3.05) is 6.61 Å². The highest BCUT2D eigenvalue weighted by Gasteiger charge is 2.22. The van der Waals surface area contributed by atoms with E-state index in [1.54, 1.807) is 18.2 Å². The number of halogens is 1. The number of hydrogen-bond donors (Lipinski definition) is 2. The number of amides is 1. The molecule has 0 fully saturated rings. The molecule has 1 amide bonds. The van der Waals surface area contributed by atoms with E-state index in [1.165, 1.54) is 12.1 Å². The van der Waals surface area contributed by atoms with Crippen molar-refractivity contribution in [3.63, 3.8) is 0 Å².